The number of nitrogens with two attached hydrogens (primary N) is 1. The molecule has 0 unspecified atom stereocenters. The fraction of sp³-hybridized carbons (Fsp3) is 0. The van der Waals surface area contributed by atoms with Crippen molar-refractivity contribution in [1.29, 1.82) is 5.26 Å². The third-order valence-electron chi connectivity index (χ3n) is 2.62. The molecule has 6 heteroatoms. The van der Waals surface area contributed by atoms with Crippen LogP contribution in [0.15, 0.2) is 40.9 Å². The molecule has 20 heavy (non-hydrogen) atoms. The second-order valence-corrected chi connectivity index (χ2v) is 4.76. The number of carbonyl (C=O) groups excluding carboxylic acids is 1. The molecule has 0 saturated heterocycles. The van der Waals surface area contributed by atoms with Gasteiger partial charge in [0.1, 0.15) is 5.82 Å². The summed E-state index contributed by atoms with van der Waals surface area (Å²) >= 11 is 3.21. The quantitative estimate of drug-likeness (QED) is 0.827. The maximum atomic E-state index is 13.7. The number of nitrogen functional groups attached to an aromatic ring is 1. The van der Waals surface area contributed by atoms with Crippen LogP contribution < -0.4 is 11.1 Å². The van der Waals surface area contributed by atoms with Crippen LogP contribution in [0.1, 0.15) is 15.9 Å². The van der Waals surface area contributed by atoms with Crippen LogP contribution in [0, 0.1) is 17.1 Å². The number of carbonyl (C=O) groups is 1. The molecule has 2 aromatic carbocycles. The van der Waals surface area contributed by atoms with Crippen molar-refractivity contribution in [3.8, 4) is 6.07 Å². The highest BCUT2D eigenvalue weighted by molar-refractivity contribution is 9.10. The lowest BCUT2D eigenvalue weighted by Gasteiger charge is -2.09. The summed E-state index contributed by atoms with van der Waals surface area (Å²) in [5.74, 6) is -1.16. The number of nitrogens with one attached hydrogen (secondary N) is 1. The number of anilines is 2. The zero-order valence-corrected chi connectivity index (χ0v) is 11.7. The number of rotatable bonds is 2. The summed E-state index contributed by atoms with van der Waals surface area (Å²) in [6, 6.07) is 10.5. The molecule has 0 heterocycles. The number of benzene rings is 2. The molecule has 0 saturated carbocycles. The fourth-order valence-electron chi connectivity index (χ4n) is 1.60. The van der Waals surface area contributed by atoms with E-state index in [0.29, 0.717) is 15.7 Å². The Morgan fingerprint density at radius 1 is 1.35 bits per heavy atom. The topological polar surface area (TPSA) is 78.9 Å². The Morgan fingerprint density at radius 2 is 2.10 bits per heavy atom. The minimum absolute atomic E-state index is 0.00308. The van der Waals surface area contributed by atoms with Crippen LogP contribution in [-0.4, -0.2) is 5.91 Å². The molecule has 2 aromatic rings. The molecule has 0 aliphatic heterocycles. The Labute approximate surface area is 123 Å². The Bertz CT molecular complexity index is 725. The number of halogens is 2. The van der Waals surface area contributed by atoms with Gasteiger partial charge in [-0.2, -0.15) is 5.26 Å². The van der Waals surface area contributed by atoms with Crippen molar-refractivity contribution in [1.82, 2.24) is 0 Å². The van der Waals surface area contributed by atoms with Crippen molar-refractivity contribution in [2.75, 3.05) is 11.1 Å². The highest BCUT2D eigenvalue weighted by Gasteiger charge is 2.14. The van der Waals surface area contributed by atoms with Gasteiger partial charge in [-0.15, -0.1) is 0 Å². The van der Waals surface area contributed by atoms with E-state index in [2.05, 4.69) is 21.2 Å². The Kier molecular flexibility index (Phi) is 4.01. The zero-order valence-electron chi connectivity index (χ0n) is 10.2. The maximum Gasteiger partial charge on any atom is 0.256 e. The number of hydrogen-bond acceptors (Lipinski definition) is 3. The van der Waals surface area contributed by atoms with Crippen molar-refractivity contribution in [2.24, 2.45) is 0 Å². The SMILES string of the molecule is N#Cc1ccc(NC(=O)c2cccc(N)c2Br)c(F)c1. The first-order valence-electron chi connectivity index (χ1n) is 5.58. The third-order valence-corrected chi connectivity index (χ3v) is 3.50. The average molecular weight is 334 g/mol. The predicted octanol–water partition coefficient (Wildman–Crippen LogP) is 3.29. The van der Waals surface area contributed by atoms with Gasteiger partial charge in [0.15, 0.2) is 0 Å². The van der Waals surface area contributed by atoms with E-state index in [-0.39, 0.29) is 11.3 Å². The van der Waals surface area contributed by atoms with E-state index in [4.69, 9.17) is 11.0 Å². The molecule has 4 nitrogen and oxygen atoms in total. The lowest BCUT2D eigenvalue weighted by atomic mass is 10.1. The van der Waals surface area contributed by atoms with E-state index in [1.54, 1.807) is 18.2 Å². The highest BCUT2D eigenvalue weighted by Crippen LogP contribution is 2.25. The van der Waals surface area contributed by atoms with Gasteiger partial charge in [-0.05, 0) is 46.3 Å². The molecular weight excluding hydrogens is 325 g/mol. The van der Waals surface area contributed by atoms with Crippen molar-refractivity contribution >= 4 is 33.2 Å². The average Bonchev–Trinajstić information content (AvgIpc) is 2.44. The molecule has 0 radical (unpaired) electrons. The van der Waals surface area contributed by atoms with E-state index in [0.717, 1.165) is 6.07 Å². The molecule has 0 spiro atoms. The van der Waals surface area contributed by atoms with Crippen LogP contribution in [-0.2, 0) is 0 Å². The molecule has 0 atom stereocenters. The van der Waals surface area contributed by atoms with Gasteiger partial charge in [0.05, 0.1) is 27.4 Å². The summed E-state index contributed by atoms with van der Waals surface area (Å²) in [4.78, 5) is 12.1. The first kappa shape index (κ1) is 14.0. The summed E-state index contributed by atoms with van der Waals surface area (Å²) in [6.45, 7) is 0. The standard InChI is InChI=1S/C14H9BrFN3O/c15-13-9(2-1-3-11(13)18)14(20)19-12-5-4-8(7-17)6-10(12)16/h1-6H,18H2,(H,19,20). The maximum absolute atomic E-state index is 13.7. The summed E-state index contributed by atoms with van der Waals surface area (Å²) in [6.07, 6.45) is 0. The zero-order chi connectivity index (χ0) is 14.7. The number of amides is 1. The van der Waals surface area contributed by atoms with Gasteiger partial charge in [-0.1, -0.05) is 6.07 Å². The monoisotopic (exact) mass is 333 g/mol. The lowest BCUT2D eigenvalue weighted by Crippen LogP contribution is -2.14. The number of nitriles is 1. The van der Waals surface area contributed by atoms with Gasteiger partial charge >= 0.3 is 0 Å². The van der Waals surface area contributed by atoms with Gasteiger partial charge in [0.2, 0.25) is 0 Å². The van der Waals surface area contributed by atoms with Crippen molar-refractivity contribution < 1.29 is 9.18 Å². The van der Waals surface area contributed by atoms with Gasteiger partial charge in [0.25, 0.3) is 5.91 Å². The first-order valence-corrected chi connectivity index (χ1v) is 6.37. The van der Waals surface area contributed by atoms with Gasteiger partial charge in [-0.3, -0.25) is 4.79 Å². The minimum Gasteiger partial charge on any atom is -0.398 e. The van der Waals surface area contributed by atoms with E-state index < -0.39 is 11.7 Å². The molecule has 0 fully saturated rings. The second kappa shape index (κ2) is 5.72. The van der Waals surface area contributed by atoms with Gasteiger partial charge < -0.3 is 11.1 Å². The van der Waals surface area contributed by atoms with Crippen LogP contribution in [0.5, 0.6) is 0 Å². The molecule has 1 amide bonds. The normalized spacial score (nSPS) is 9.85. The van der Waals surface area contributed by atoms with Crippen LogP contribution in [0.2, 0.25) is 0 Å². The van der Waals surface area contributed by atoms with Crippen molar-refractivity contribution in [3.05, 3.63) is 57.8 Å². The van der Waals surface area contributed by atoms with Crippen LogP contribution in [0.3, 0.4) is 0 Å². The highest BCUT2D eigenvalue weighted by atomic mass is 79.9. The molecule has 3 N–H and O–H groups in total. The van der Waals surface area contributed by atoms with E-state index >= 15 is 0 Å². The molecular formula is C14H9BrFN3O. The Morgan fingerprint density at radius 3 is 2.75 bits per heavy atom. The summed E-state index contributed by atoms with van der Waals surface area (Å²) in [5.41, 5.74) is 6.59. The molecule has 0 aliphatic carbocycles. The third kappa shape index (κ3) is 2.78. The molecule has 100 valence electrons. The molecule has 2 rings (SSSR count). The number of hydrogen-bond donors (Lipinski definition) is 2. The smallest absolute Gasteiger partial charge is 0.256 e. The molecule has 0 bridgehead atoms. The number of nitrogens with zero attached hydrogens (tertiary/aromatic N) is 1. The van der Waals surface area contributed by atoms with Gasteiger partial charge in [0, 0.05) is 5.69 Å². The molecule has 0 aromatic heterocycles. The van der Waals surface area contributed by atoms with Gasteiger partial charge in [-0.25, -0.2) is 4.39 Å². The fourth-order valence-corrected chi connectivity index (χ4v) is 2.05. The predicted molar refractivity (Wildman–Crippen MR) is 77.6 cm³/mol. The van der Waals surface area contributed by atoms with Crippen LogP contribution in [0.4, 0.5) is 15.8 Å². The van der Waals surface area contributed by atoms with Crippen LogP contribution >= 0.6 is 15.9 Å². The largest absolute Gasteiger partial charge is 0.398 e. The van der Waals surface area contributed by atoms with Crippen molar-refractivity contribution in [3.63, 3.8) is 0 Å². The lowest BCUT2D eigenvalue weighted by molar-refractivity contribution is 0.102. The first-order chi connectivity index (χ1) is 9.52. The Hall–Kier alpha value is -2.39. The second-order valence-electron chi connectivity index (χ2n) is 3.97. The van der Waals surface area contributed by atoms with E-state index in [9.17, 15) is 9.18 Å². The summed E-state index contributed by atoms with van der Waals surface area (Å²) < 4.78 is 14.1. The van der Waals surface area contributed by atoms with E-state index in [1.807, 2.05) is 6.07 Å². The summed E-state index contributed by atoms with van der Waals surface area (Å²) in [7, 11) is 0. The summed E-state index contributed by atoms with van der Waals surface area (Å²) in [5, 5.41) is 11.1. The molecule has 0 aliphatic rings. The van der Waals surface area contributed by atoms with E-state index in [1.165, 1.54) is 12.1 Å². The minimum atomic E-state index is -0.669. The van der Waals surface area contributed by atoms with Crippen LogP contribution in [0.25, 0.3) is 0 Å². The Balaban J connectivity index is 2.29. The van der Waals surface area contributed by atoms with Crippen molar-refractivity contribution in [2.45, 2.75) is 0 Å².